The Labute approximate surface area is 147 Å². The third-order valence-corrected chi connectivity index (χ3v) is 3.84. The summed E-state index contributed by atoms with van der Waals surface area (Å²) in [4.78, 5) is 28.7. The van der Waals surface area contributed by atoms with Crippen molar-refractivity contribution in [3.63, 3.8) is 0 Å². The Morgan fingerprint density at radius 3 is 2.56 bits per heavy atom. The molecular weight excluding hydrogens is 322 g/mol. The Morgan fingerprint density at radius 1 is 1.24 bits per heavy atom. The molecule has 1 heterocycles. The molecule has 0 unspecified atom stereocenters. The average Bonchev–Trinajstić information content (AvgIpc) is 2.60. The van der Waals surface area contributed by atoms with Gasteiger partial charge in [0.1, 0.15) is 0 Å². The number of hydrogen-bond donors (Lipinski definition) is 1. The summed E-state index contributed by atoms with van der Waals surface area (Å²) in [6.45, 7) is 5.19. The zero-order valence-electron chi connectivity index (χ0n) is 15.2. The number of methoxy groups -OCH3 is 2. The van der Waals surface area contributed by atoms with Gasteiger partial charge in [0.25, 0.3) is 5.56 Å². The molecule has 0 radical (unpaired) electrons. The third-order valence-electron chi connectivity index (χ3n) is 3.84. The number of carbonyl (C=O) groups is 1. The van der Waals surface area contributed by atoms with Gasteiger partial charge >= 0.3 is 0 Å². The average molecular weight is 347 g/mol. The van der Waals surface area contributed by atoms with Crippen LogP contribution in [0.2, 0.25) is 0 Å². The first kappa shape index (κ1) is 18.8. The normalized spacial score (nSPS) is 10.9. The summed E-state index contributed by atoms with van der Waals surface area (Å²) >= 11 is 0. The number of aryl methyl sites for hydroxylation is 1. The smallest absolute Gasteiger partial charge is 0.261 e. The summed E-state index contributed by atoms with van der Waals surface area (Å²) in [5.74, 6) is 1.44. The van der Waals surface area contributed by atoms with Crippen LogP contribution in [0.3, 0.4) is 0 Å². The van der Waals surface area contributed by atoms with Gasteiger partial charge in [-0.3, -0.25) is 14.2 Å². The lowest BCUT2D eigenvalue weighted by Crippen LogP contribution is -2.28. The highest BCUT2D eigenvalue weighted by molar-refractivity contribution is 5.81. The highest BCUT2D eigenvalue weighted by Gasteiger charge is 2.11. The molecular formula is C18H25N3O4. The van der Waals surface area contributed by atoms with Gasteiger partial charge < -0.3 is 14.8 Å². The Kier molecular flexibility index (Phi) is 6.38. The molecule has 136 valence electrons. The number of aromatic nitrogens is 2. The summed E-state index contributed by atoms with van der Waals surface area (Å²) < 4.78 is 12.0. The molecule has 7 heteroatoms. The summed E-state index contributed by atoms with van der Waals surface area (Å²) in [5.41, 5.74) is 0.391. The molecule has 1 amide bonds. The van der Waals surface area contributed by atoms with Gasteiger partial charge in [0, 0.05) is 25.6 Å². The Hall–Kier alpha value is -2.57. The molecule has 7 nitrogen and oxygen atoms in total. The first-order chi connectivity index (χ1) is 12.0. The van der Waals surface area contributed by atoms with Crippen molar-refractivity contribution in [1.29, 1.82) is 0 Å². The fraction of sp³-hybridized carbons (Fsp3) is 0.500. The first-order valence-corrected chi connectivity index (χ1v) is 8.34. The Bertz CT molecular complexity index is 799. The minimum atomic E-state index is -0.159. The predicted octanol–water partition coefficient (Wildman–Crippen LogP) is 1.97. The van der Waals surface area contributed by atoms with Crippen LogP contribution in [0.15, 0.2) is 23.3 Å². The van der Waals surface area contributed by atoms with Crippen LogP contribution in [0.4, 0.5) is 0 Å². The monoisotopic (exact) mass is 347 g/mol. The Morgan fingerprint density at radius 2 is 1.92 bits per heavy atom. The molecule has 25 heavy (non-hydrogen) atoms. The fourth-order valence-corrected chi connectivity index (χ4v) is 2.46. The number of ether oxygens (including phenoxy) is 2. The fourth-order valence-electron chi connectivity index (χ4n) is 2.46. The van der Waals surface area contributed by atoms with Gasteiger partial charge in [0.05, 0.1) is 31.4 Å². The molecule has 2 aromatic rings. The molecule has 1 aromatic heterocycles. The highest BCUT2D eigenvalue weighted by Crippen LogP contribution is 2.29. The van der Waals surface area contributed by atoms with Crippen molar-refractivity contribution in [2.24, 2.45) is 5.92 Å². The second-order valence-electron chi connectivity index (χ2n) is 6.27. The van der Waals surface area contributed by atoms with E-state index >= 15 is 0 Å². The Balaban J connectivity index is 2.11. The quantitative estimate of drug-likeness (QED) is 0.789. The van der Waals surface area contributed by atoms with E-state index < -0.39 is 0 Å². The number of fused-ring (bicyclic) bond motifs is 1. The second kappa shape index (κ2) is 8.50. The largest absolute Gasteiger partial charge is 0.493 e. The summed E-state index contributed by atoms with van der Waals surface area (Å²) in [6, 6.07) is 3.31. The summed E-state index contributed by atoms with van der Waals surface area (Å²) in [7, 11) is 3.06. The SMILES string of the molecule is COc1cc2ncn(CCCC(=O)NCC(C)C)c(=O)c2cc1OC. The van der Waals surface area contributed by atoms with E-state index in [2.05, 4.69) is 10.3 Å². The number of hydrogen-bond acceptors (Lipinski definition) is 5. The lowest BCUT2D eigenvalue weighted by molar-refractivity contribution is -0.121. The first-order valence-electron chi connectivity index (χ1n) is 8.34. The molecule has 1 aromatic carbocycles. The van der Waals surface area contributed by atoms with E-state index in [0.29, 0.717) is 54.3 Å². The van der Waals surface area contributed by atoms with Crippen molar-refractivity contribution in [3.8, 4) is 11.5 Å². The van der Waals surface area contributed by atoms with Crippen LogP contribution in [0.25, 0.3) is 10.9 Å². The van der Waals surface area contributed by atoms with Crippen LogP contribution in [-0.4, -0.2) is 36.2 Å². The maximum absolute atomic E-state index is 12.6. The standard InChI is InChI=1S/C18H25N3O4/c1-12(2)10-19-17(22)6-5-7-21-11-20-14-9-16(25-4)15(24-3)8-13(14)18(21)23/h8-9,11-12H,5-7,10H2,1-4H3,(H,19,22). The lowest BCUT2D eigenvalue weighted by atomic mass is 10.2. The van der Waals surface area contributed by atoms with Crippen LogP contribution in [-0.2, 0) is 11.3 Å². The summed E-state index contributed by atoms with van der Waals surface area (Å²) in [6.07, 6.45) is 2.45. The van der Waals surface area contributed by atoms with Gasteiger partial charge in [-0.05, 0) is 18.4 Å². The number of carbonyl (C=O) groups excluding carboxylic acids is 1. The molecule has 1 N–H and O–H groups in total. The zero-order valence-corrected chi connectivity index (χ0v) is 15.2. The van der Waals surface area contributed by atoms with E-state index in [1.165, 1.54) is 25.1 Å². The van der Waals surface area contributed by atoms with E-state index in [0.717, 1.165) is 0 Å². The van der Waals surface area contributed by atoms with Crippen molar-refractivity contribution in [1.82, 2.24) is 14.9 Å². The van der Waals surface area contributed by atoms with Gasteiger partial charge in [0.2, 0.25) is 5.91 Å². The number of nitrogens with zero attached hydrogens (tertiary/aromatic N) is 2. The van der Waals surface area contributed by atoms with Crippen LogP contribution in [0, 0.1) is 5.92 Å². The molecule has 0 saturated heterocycles. The molecule has 0 saturated carbocycles. The van der Waals surface area contributed by atoms with Crippen LogP contribution < -0.4 is 20.3 Å². The topological polar surface area (TPSA) is 82.5 Å². The number of rotatable bonds is 8. The van der Waals surface area contributed by atoms with Crippen molar-refractivity contribution in [2.75, 3.05) is 20.8 Å². The van der Waals surface area contributed by atoms with Gasteiger partial charge in [-0.1, -0.05) is 13.8 Å². The maximum Gasteiger partial charge on any atom is 0.261 e. The number of nitrogens with one attached hydrogen (secondary N) is 1. The molecule has 0 aliphatic heterocycles. The van der Waals surface area contributed by atoms with E-state index in [1.54, 1.807) is 12.1 Å². The lowest BCUT2D eigenvalue weighted by Gasteiger charge is -2.11. The van der Waals surface area contributed by atoms with E-state index in [9.17, 15) is 9.59 Å². The molecule has 0 atom stereocenters. The van der Waals surface area contributed by atoms with Crippen molar-refractivity contribution >= 4 is 16.8 Å². The molecule has 2 rings (SSSR count). The minimum absolute atomic E-state index is 0.00176. The number of benzene rings is 1. The maximum atomic E-state index is 12.6. The number of amides is 1. The van der Waals surface area contributed by atoms with E-state index in [4.69, 9.17) is 9.47 Å². The molecule has 0 bridgehead atoms. The van der Waals surface area contributed by atoms with Crippen LogP contribution in [0.1, 0.15) is 26.7 Å². The van der Waals surface area contributed by atoms with Crippen molar-refractivity contribution < 1.29 is 14.3 Å². The second-order valence-corrected chi connectivity index (χ2v) is 6.27. The van der Waals surface area contributed by atoms with Crippen molar-refractivity contribution in [2.45, 2.75) is 33.2 Å². The minimum Gasteiger partial charge on any atom is -0.493 e. The van der Waals surface area contributed by atoms with Crippen LogP contribution in [0.5, 0.6) is 11.5 Å². The van der Waals surface area contributed by atoms with E-state index in [1.807, 2.05) is 13.8 Å². The van der Waals surface area contributed by atoms with Gasteiger partial charge in [-0.2, -0.15) is 0 Å². The molecule has 0 fully saturated rings. The van der Waals surface area contributed by atoms with Gasteiger partial charge in [-0.25, -0.2) is 4.98 Å². The zero-order chi connectivity index (χ0) is 18.4. The molecule has 0 spiro atoms. The van der Waals surface area contributed by atoms with E-state index in [-0.39, 0.29) is 11.5 Å². The highest BCUT2D eigenvalue weighted by atomic mass is 16.5. The van der Waals surface area contributed by atoms with Crippen LogP contribution >= 0.6 is 0 Å². The predicted molar refractivity (Wildman–Crippen MR) is 96.2 cm³/mol. The molecule has 0 aliphatic carbocycles. The van der Waals surface area contributed by atoms with Gasteiger partial charge in [0.15, 0.2) is 11.5 Å². The third kappa shape index (κ3) is 4.71. The molecule has 0 aliphatic rings. The van der Waals surface area contributed by atoms with Gasteiger partial charge in [-0.15, -0.1) is 0 Å². The summed E-state index contributed by atoms with van der Waals surface area (Å²) in [5, 5.41) is 3.33. The van der Waals surface area contributed by atoms with Crippen molar-refractivity contribution in [3.05, 3.63) is 28.8 Å².